The Hall–Kier alpha value is -1.07. The van der Waals surface area contributed by atoms with Gasteiger partial charge in [0.1, 0.15) is 5.75 Å². The summed E-state index contributed by atoms with van der Waals surface area (Å²) in [5.74, 6) is 1.36. The zero-order chi connectivity index (χ0) is 13.2. The van der Waals surface area contributed by atoms with Gasteiger partial charge in [0.15, 0.2) is 0 Å². The number of sulfonamides is 1. The Bertz CT molecular complexity index is 519. The third-order valence-electron chi connectivity index (χ3n) is 3.41. The first-order valence-electron chi connectivity index (χ1n) is 6.23. The second-order valence-corrected chi connectivity index (χ2v) is 6.46. The van der Waals surface area contributed by atoms with Crippen LogP contribution in [0.2, 0.25) is 0 Å². The Balaban J connectivity index is 2.04. The van der Waals surface area contributed by atoms with Gasteiger partial charge in [-0.05, 0) is 49.4 Å². The first kappa shape index (κ1) is 13.4. The molecule has 1 aromatic carbocycles. The molecule has 0 spiro atoms. The maximum absolute atomic E-state index is 11.3. The van der Waals surface area contributed by atoms with Gasteiger partial charge in [-0.3, -0.25) is 0 Å². The number of rotatable bonds is 4. The van der Waals surface area contributed by atoms with Gasteiger partial charge in [0.2, 0.25) is 10.0 Å². The Morgan fingerprint density at radius 3 is 2.56 bits per heavy atom. The summed E-state index contributed by atoms with van der Waals surface area (Å²) in [7, 11) is -3.64. The molecule has 0 saturated heterocycles. The summed E-state index contributed by atoms with van der Waals surface area (Å²) in [5, 5.41) is 5.11. The van der Waals surface area contributed by atoms with Crippen LogP contribution in [0.4, 0.5) is 0 Å². The minimum atomic E-state index is -3.64. The molecule has 0 aromatic heterocycles. The van der Waals surface area contributed by atoms with Crippen LogP contribution in [0.1, 0.15) is 31.2 Å². The molecule has 5 heteroatoms. The van der Waals surface area contributed by atoms with Crippen molar-refractivity contribution in [3.05, 3.63) is 23.8 Å². The Morgan fingerprint density at radius 2 is 2.00 bits per heavy atom. The quantitative estimate of drug-likeness (QED) is 0.911. The van der Waals surface area contributed by atoms with Crippen molar-refractivity contribution in [3.63, 3.8) is 0 Å². The molecule has 0 aliphatic heterocycles. The number of ether oxygens (including phenoxy) is 1. The van der Waals surface area contributed by atoms with Crippen LogP contribution in [0.25, 0.3) is 0 Å². The molecule has 18 heavy (non-hydrogen) atoms. The molecule has 0 radical (unpaired) electrons. The second-order valence-electron chi connectivity index (χ2n) is 4.93. The van der Waals surface area contributed by atoms with E-state index in [1.54, 1.807) is 19.1 Å². The van der Waals surface area contributed by atoms with Crippen LogP contribution < -0.4 is 9.88 Å². The standard InChI is InChI=1S/C13H19NO3S/c1-10-8-12(6-7-13(10)18(14,15)16)17-9-11-4-2-3-5-11/h6-8,11H,2-5,9H2,1H3,(H2,14,15,16). The predicted molar refractivity (Wildman–Crippen MR) is 70.0 cm³/mol. The summed E-state index contributed by atoms with van der Waals surface area (Å²) in [6.07, 6.45) is 5.04. The van der Waals surface area contributed by atoms with Crippen molar-refractivity contribution in [2.45, 2.75) is 37.5 Å². The van der Waals surface area contributed by atoms with E-state index in [-0.39, 0.29) is 4.90 Å². The topological polar surface area (TPSA) is 69.4 Å². The fourth-order valence-corrected chi connectivity index (χ4v) is 3.19. The van der Waals surface area contributed by atoms with Gasteiger partial charge >= 0.3 is 0 Å². The molecule has 4 nitrogen and oxygen atoms in total. The second kappa shape index (κ2) is 5.28. The molecule has 1 aliphatic carbocycles. The van der Waals surface area contributed by atoms with E-state index in [0.29, 0.717) is 23.8 Å². The lowest BCUT2D eigenvalue weighted by Crippen LogP contribution is -2.14. The van der Waals surface area contributed by atoms with Crippen molar-refractivity contribution in [1.29, 1.82) is 0 Å². The van der Waals surface area contributed by atoms with Crippen molar-refractivity contribution in [2.75, 3.05) is 6.61 Å². The highest BCUT2D eigenvalue weighted by Gasteiger charge is 2.16. The van der Waals surface area contributed by atoms with Crippen molar-refractivity contribution in [1.82, 2.24) is 0 Å². The first-order chi connectivity index (χ1) is 8.47. The average molecular weight is 269 g/mol. The van der Waals surface area contributed by atoms with Gasteiger partial charge in [0, 0.05) is 0 Å². The molecule has 0 heterocycles. The number of benzene rings is 1. The van der Waals surface area contributed by atoms with Crippen molar-refractivity contribution in [2.24, 2.45) is 11.1 Å². The highest BCUT2D eigenvalue weighted by molar-refractivity contribution is 7.89. The predicted octanol–water partition coefficient (Wildman–Crippen LogP) is 2.21. The number of nitrogens with two attached hydrogens (primary N) is 1. The minimum Gasteiger partial charge on any atom is -0.493 e. The van der Waals surface area contributed by atoms with E-state index in [1.165, 1.54) is 31.7 Å². The molecule has 100 valence electrons. The highest BCUT2D eigenvalue weighted by atomic mass is 32.2. The van der Waals surface area contributed by atoms with Gasteiger partial charge in [0.05, 0.1) is 11.5 Å². The molecule has 0 bridgehead atoms. The molecule has 0 atom stereocenters. The van der Waals surface area contributed by atoms with E-state index in [0.717, 1.165) is 0 Å². The van der Waals surface area contributed by atoms with Crippen molar-refractivity contribution in [3.8, 4) is 5.75 Å². The zero-order valence-corrected chi connectivity index (χ0v) is 11.4. The normalized spacial score (nSPS) is 17.0. The molecule has 1 aliphatic rings. The molecule has 0 unspecified atom stereocenters. The average Bonchev–Trinajstić information content (AvgIpc) is 2.77. The number of aryl methyl sites for hydroxylation is 1. The van der Waals surface area contributed by atoms with E-state index in [9.17, 15) is 8.42 Å². The summed E-state index contributed by atoms with van der Waals surface area (Å²) >= 11 is 0. The third-order valence-corrected chi connectivity index (χ3v) is 4.48. The lowest BCUT2D eigenvalue weighted by molar-refractivity contribution is 0.252. The van der Waals surface area contributed by atoms with E-state index in [1.807, 2.05) is 0 Å². The summed E-state index contributed by atoms with van der Waals surface area (Å²) in [6, 6.07) is 4.91. The zero-order valence-electron chi connectivity index (χ0n) is 10.6. The maximum atomic E-state index is 11.3. The lowest BCUT2D eigenvalue weighted by Gasteiger charge is -2.12. The van der Waals surface area contributed by atoms with Crippen LogP contribution >= 0.6 is 0 Å². The van der Waals surface area contributed by atoms with Crippen LogP contribution in [0, 0.1) is 12.8 Å². The molecular formula is C13H19NO3S. The van der Waals surface area contributed by atoms with Crippen molar-refractivity contribution >= 4 is 10.0 Å². The lowest BCUT2D eigenvalue weighted by atomic mass is 10.1. The Kier molecular flexibility index (Phi) is 3.92. The van der Waals surface area contributed by atoms with Crippen LogP contribution in [-0.4, -0.2) is 15.0 Å². The van der Waals surface area contributed by atoms with Crippen LogP contribution in [0.5, 0.6) is 5.75 Å². The van der Waals surface area contributed by atoms with Gasteiger partial charge in [-0.2, -0.15) is 0 Å². The van der Waals surface area contributed by atoms with Gasteiger partial charge in [-0.15, -0.1) is 0 Å². The summed E-state index contributed by atoms with van der Waals surface area (Å²) in [4.78, 5) is 0.163. The van der Waals surface area contributed by atoms with Gasteiger partial charge in [0.25, 0.3) is 0 Å². The number of primary sulfonamides is 1. The van der Waals surface area contributed by atoms with E-state index >= 15 is 0 Å². The molecule has 1 saturated carbocycles. The van der Waals surface area contributed by atoms with Crippen LogP contribution in [0.15, 0.2) is 23.1 Å². The molecule has 0 amide bonds. The largest absolute Gasteiger partial charge is 0.493 e. The van der Waals surface area contributed by atoms with Crippen LogP contribution in [-0.2, 0) is 10.0 Å². The number of hydrogen-bond donors (Lipinski definition) is 1. The summed E-state index contributed by atoms with van der Waals surface area (Å²) < 4.78 is 28.2. The highest BCUT2D eigenvalue weighted by Crippen LogP contribution is 2.26. The fraction of sp³-hybridized carbons (Fsp3) is 0.538. The molecule has 1 fully saturated rings. The van der Waals surface area contributed by atoms with E-state index in [2.05, 4.69) is 0 Å². The molecular weight excluding hydrogens is 250 g/mol. The van der Waals surface area contributed by atoms with Gasteiger partial charge < -0.3 is 4.74 Å². The molecule has 2 N–H and O–H groups in total. The van der Waals surface area contributed by atoms with Gasteiger partial charge in [-0.1, -0.05) is 12.8 Å². The first-order valence-corrected chi connectivity index (χ1v) is 7.78. The third kappa shape index (κ3) is 3.23. The maximum Gasteiger partial charge on any atom is 0.238 e. The van der Waals surface area contributed by atoms with Gasteiger partial charge in [-0.25, -0.2) is 13.6 Å². The van der Waals surface area contributed by atoms with E-state index < -0.39 is 10.0 Å². The monoisotopic (exact) mass is 269 g/mol. The molecule has 2 rings (SSSR count). The molecule has 1 aromatic rings. The minimum absolute atomic E-state index is 0.163. The smallest absolute Gasteiger partial charge is 0.238 e. The summed E-state index contributed by atoms with van der Waals surface area (Å²) in [6.45, 7) is 2.44. The Morgan fingerprint density at radius 1 is 1.33 bits per heavy atom. The van der Waals surface area contributed by atoms with E-state index in [4.69, 9.17) is 9.88 Å². The Labute approximate surface area is 108 Å². The summed E-state index contributed by atoms with van der Waals surface area (Å²) in [5.41, 5.74) is 0.626. The van der Waals surface area contributed by atoms with Crippen molar-refractivity contribution < 1.29 is 13.2 Å². The SMILES string of the molecule is Cc1cc(OCC2CCCC2)ccc1S(N)(=O)=O. The number of hydrogen-bond acceptors (Lipinski definition) is 3. The fourth-order valence-electron chi connectivity index (χ4n) is 2.42. The van der Waals surface area contributed by atoms with Crippen LogP contribution in [0.3, 0.4) is 0 Å².